The fourth-order valence-electron chi connectivity index (χ4n) is 4.35. The maximum atomic E-state index is 12.9. The summed E-state index contributed by atoms with van der Waals surface area (Å²) in [6.07, 6.45) is 6.87. The Morgan fingerprint density at radius 1 is 0.933 bits per heavy atom. The van der Waals surface area contributed by atoms with Gasteiger partial charge >= 0.3 is 0 Å². The SMILES string of the molecule is CC(C)(C)C(=O)N1CCC(C(=O)Nc2ccccc2C(=O)NC2CCCCC2)CC1. The van der Waals surface area contributed by atoms with Crippen LogP contribution in [-0.2, 0) is 9.59 Å². The Balaban J connectivity index is 1.58. The summed E-state index contributed by atoms with van der Waals surface area (Å²) < 4.78 is 0. The molecular weight excluding hydrogens is 378 g/mol. The number of nitrogens with zero attached hydrogens (tertiary/aromatic N) is 1. The van der Waals surface area contributed by atoms with Crippen molar-refractivity contribution in [2.75, 3.05) is 18.4 Å². The molecule has 1 aromatic carbocycles. The molecule has 1 saturated heterocycles. The molecule has 3 rings (SSSR count). The summed E-state index contributed by atoms with van der Waals surface area (Å²) >= 11 is 0. The number of carbonyl (C=O) groups is 3. The highest BCUT2D eigenvalue weighted by atomic mass is 16.2. The number of hydrogen-bond donors (Lipinski definition) is 2. The number of anilines is 1. The summed E-state index contributed by atoms with van der Waals surface area (Å²) in [4.78, 5) is 40.0. The molecule has 30 heavy (non-hydrogen) atoms. The summed E-state index contributed by atoms with van der Waals surface area (Å²) in [5.41, 5.74) is 0.667. The van der Waals surface area contributed by atoms with Crippen LogP contribution < -0.4 is 10.6 Å². The van der Waals surface area contributed by atoms with Gasteiger partial charge in [-0.15, -0.1) is 0 Å². The molecule has 1 saturated carbocycles. The Morgan fingerprint density at radius 2 is 1.57 bits per heavy atom. The van der Waals surface area contributed by atoms with Gasteiger partial charge in [-0.25, -0.2) is 0 Å². The first-order chi connectivity index (χ1) is 14.3. The van der Waals surface area contributed by atoms with Gasteiger partial charge in [0.1, 0.15) is 0 Å². The molecule has 1 heterocycles. The summed E-state index contributed by atoms with van der Waals surface area (Å²) in [7, 11) is 0. The third kappa shape index (κ3) is 5.61. The minimum absolute atomic E-state index is 0.0734. The quantitative estimate of drug-likeness (QED) is 0.784. The third-order valence-electron chi connectivity index (χ3n) is 6.16. The second kappa shape index (κ2) is 9.63. The van der Waals surface area contributed by atoms with Crippen LogP contribution in [0.3, 0.4) is 0 Å². The number of amides is 3. The molecule has 3 amide bonds. The lowest BCUT2D eigenvalue weighted by Gasteiger charge is -2.35. The van der Waals surface area contributed by atoms with E-state index in [-0.39, 0.29) is 29.7 Å². The number of carbonyl (C=O) groups excluding carboxylic acids is 3. The molecule has 0 bridgehead atoms. The average Bonchev–Trinajstić information content (AvgIpc) is 2.73. The van der Waals surface area contributed by atoms with E-state index in [2.05, 4.69) is 10.6 Å². The maximum absolute atomic E-state index is 12.9. The zero-order valence-corrected chi connectivity index (χ0v) is 18.5. The largest absolute Gasteiger partial charge is 0.349 e. The number of rotatable bonds is 4. The molecule has 1 aliphatic heterocycles. The topological polar surface area (TPSA) is 78.5 Å². The van der Waals surface area contributed by atoms with Crippen molar-refractivity contribution in [3.63, 3.8) is 0 Å². The molecule has 2 N–H and O–H groups in total. The van der Waals surface area contributed by atoms with Crippen LogP contribution in [-0.4, -0.2) is 41.8 Å². The number of nitrogens with one attached hydrogen (secondary N) is 2. The molecule has 0 unspecified atom stereocenters. The van der Waals surface area contributed by atoms with Crippen LogP contribution in [0.1, 0.15) is 76.1 Å². The molecular formula is C24H35N3O3. The molecule has 0 radical (unpaired) electrons. The van der Waals surface area contributed by atoms with E-state index < -0.39 is 5.41 Å². The van der Waals surface area contributed by atoms with E-state index in [9.17, 15) is 14.4 Å². The van der Waals surface area contributed by atoms with Gasteiger partial charge in [-0.05, 0) is 37.8 Å². The summed E-state index contributed by atoms with van der Waals surface area (Å²) in [6.45, 7) is 6.95. The van der Waals surface area contributed by atoms with Crippen molar-refractivity contribution in [2.45, 2.75) is 71.8 Å². The Bertz CT molecular complexity index is 770. The Kier molecular flexibility index (Phi) is 7.16. The second-order valence-corrected chi connectivity index (χ2v) is 9.66. The first kappa shape index (κ1) is 22.3. The van der Waals surface area contributed by atoms with Crippen LogP contribution in [0.4, 0.5) is 5.69 Å². The fraction of sp³-hybridized carbons (Fsp3) is 0.625. The first-order valence-electron chi connectivity index (χ1n) is 11.3. The molecule has 2 aliphatic rings. The predicted octanol–water partition coefficient (Wildman–Crippen LogP) is 3.97. The minimum atomic E-state index is -0.403. The normalized spacial score (nSPS) is 18.7. The van der Waals surface area contributed by atoms with Gasteiger partial charge in [0, 0.05) is 30.5 Å². The lowest BCUT2D eigenvalue weighted by Crippen LogP contribution is -2.45. The van der Waals surface area contributed by atoms with Crippen LogP contribution in [0.25, 0.3) is 0 Å². The van der Waals surface area contributed by atoms with E-state index in [1.165, 1.54) is 6.42 Å². The molecule has 1 aliphatic carbocycles. The number of para-hydroxylation sites is 1. The Morgan fingerprint density at radius 3 is 2.20 bits per heavy atom. The lowest BCUT2D eigenvalue weighted by atomic mass is 9.90. The zero-order chi connectivity index (χ0) is 21.7. The van der Waals surface area contributed by atoms with Crippen molar-refractivity contribution in [1.82, 2.24) is 10.2 Å². The molecule has 0 atom stereocenters. The highest BCUT2D eigenvalue weighted by molar-refractivity contribution is 6.04. The number of benzene rings is 1. The molecule has 0 aromatic heterocycles. The Hall–Kier alpha value is -2.37. The fourth-order valence-corrected chi connectivity index (χ4v) is 4.35. The van der Waals surface area contributed by atoms with Gasteiger partial charge in [-0.3, -0.25) is 14.4 Å². The van der Waals surface area contributed by atoms with Crippen molar-refractivity contribution in [2.24, 2.45) is 11.3 Å². The van der Waals surface area contributed by atoms with Crippen molar-refractivity contribution in [3.05, 3.63) is 29.8 Å². The van der Waals surface area contributed by atoms with E-state index in [0.29, 0.717) is 37.2 Å². The van der Waals surface area contributed by atoms with Gasteiger partial charge in [0.15, 0.2) is 0 Å². The molecule has 6 heteroatoms. The monoisotopic (exact) mass is 413 g/mol. The average molecular weight is 414 g/mol. The Labute approximate surface area is 179 Å². The van der Waals surface area contributed by atoms with E-state index in [4.69, 9.17) is 0 Å². The van der Waals surface area contributed by atoms with Crippen LogP contribution >= 0.6 is 0 Å². The lowest BCUT2D eigenvalue weighted by molar-refractivity contribution is -0.142. The van der Waals surface area contributed by atoms with E-state index in [1.54, 1.807) is 12.1 Å². The predicted molar refractivity (Wildman–Crippen MR) is 118 cm³/mol. The molecule has 2 fully saturated rings. The van der Waals surface area contributed by atoms with E-state index >= 15 is 0 Å². The molecule has 164 valence electrons. The maximum Gasteiger partial charge on any atom is 0.253 e. The molecule has 0 spiro atoms. The van der Waals surface area contributed by atoms with Crippen LogP contribution in [0.2, 0.25) is 0 Å². The van der Waals surface area contributed by atoms with Gasteiger partial charge in [-0.1, -0.05) is 52.2 Å². The first-order valence-corrected chi connectivity index (χ1v) is 11.3. The molecule has 1 aromatic rings. The van der Waals surface area contributed by atoms with Gasteiger partial charge in [0.25, 0.3) is 5.91 Å². The molecule has 6 nitrogen and oxygen atoms in total. The highest BCUT2D eigenvalue weighted by Gasteiger charge is 2.32. The minimum Gasteiger partial charge on any atom is -0.349 e. The van der Waals surface area contributed by atoms with Gasteiger partial charge in [0.2, 0.25) is 11.8 Å². The van der Waals surface area contributed by atoms with Crippen molar-refractivity contribution in [3.8, 4) is 0 Å². The van der Waals surface area contributed by atoms with E-state index in [0.717, 1.165) is 25.7 Å². The van der Waals surface area contributed by atoms with Crippen molar-refractivity contribution < 1.29 is 14.4 Å². The van der Waals surface area contributed by atoms with Crippen molar-refractivity contribution >= 4 is 23.4 Å². The van der Waals surface area contributed by atoms with Crippen LogP contribution in [0.5, 0.6) is 0 Å². The van der Waals surface area contributed by atoms with Gasteiger partial charge in [0.05, 0.1) is 11.3 Å². The van der Waals surface area contributed by atoms with E-state index in [1.807, 2.05) is 37.8 Å². The second-order valence-electron chi connectivity index (χ2n) is 9.66. The van der Waals surface area contributed by atoms with Gasteiger partial charge in [-0.2, -0.15) is 0 Å². The smallest absolute Gasteiger partial charge is 0.253 e. The number of piperidine rings is 1. The number of likely N-dealkylation sites (tertiary alicyclic amines) is 1. The number of hydrogen-bond acceptors (Lipinski definition) is 3. The van der Waals surface area contributed by atoms with Crippen LogP contribution in [0.15, 0.2) is 24.3 Å². The third-order valence-corrected chi connectivity index (χ3v) is 6.16. The van der Waals surface area contributed by atoms with Crippen molar-refractivity contribution in [1.29, 1.82) is 0 Å². The standard InChI is InChI=1S/C24H35N3O3/c1-24(2,3)23(30)27-15-13-17(14-16-27)21(28)26-20-12-8-7-11-19(20)22(29)25-18-9-5-4-6-10-18/h7-8,11-12,17-18H,4-6,9-10,13-16H2,1-3H3,(H,25,29)(H,26,28). The zero-order valence-electron chi connectivity index (χ0n) is 18.5. The summed E-state index contributed by atoms with van der Waals surface area (Å²) in [5, 5.41) is 6.10. The van der Waals surface area contributed by atoms with Crippen LogP contribution in [0, 0.1) is 11.3 Å². The summed E-state index contributed by atoms with van der Waals surface area (Å²) in [6, 6.07) is 7.42. The van der Waals surface area contributed by atoms with Gasteiger partial charge < -0.3 is 15.5 Å². The highest BCUT2D eigenvalue weighted by Crippen LogP contribution is 2.25. The summed E-state index contributed by atoms with van der Waals surface area (Å²) in [5.74, 6) is -0.214.